The molecule has 0 fully saturated rings. The van der Waals surface area contributed by atoms with Gasteiger partial charge in [-0.1, -0.05) is 6.07 Å². The average molecular weight is 353 g/mol. The third kappa shape index (κ3) is 4.57. The summed E-state index contributed by atoms with van der Waals surface area (Å²) in [6.45, 7) is 8.78. The maximum atomic E-state index is 12.6. The van der Waals surface area contributed by atoms with Crippen LogP contribution in [0.25, 0.3) is 0 Å². The number of nitrogens with one attached hydrogen (secondary N) is 1. The predicted molar refractivity (Wildman–Crippen MR) is 101 cm³/mol. The van der Waals surface area contributed by atoms with Crippen LogP contribution in [0.4, 0.5) is 5.69 Å². The van der Waals surface area contributed by atoms with Crippen LogP contribution in [0.15, 0.2) is 36.4 Å². The van der Waals surface area contributed by atoms with E-state index in [1.54, 1.807) is 31.2 Å². The van der Waals surface area contributed by atoms with Crippen LogP contribution in [0.1, 0.15) is 51.3 Å². The molecule has 26 heavy (non-hydrogen) atoms. The molecule has 5 heteroatoms. The van der Waals surface area contributed by atoms with Crippen molar-refractivity contribution >= 4 is 23.3 Å². The highest BCUT2D eigenvalue weighted by Gasteiger charge is 2.22. The highest BCUT2D eigenvalue weighted by Crippen LogP contribution is 2.19. The van der Waals surface area contributed by atoms with Gasteiger partial charge >= 0.3 is 5.97 Å². The fourth-order valence-corrected chi connectivity index (χ4v) is 2.62. The van der Waals surface area contributed by atoms with E-state index in [1.807, 2.05) is 32.9 Å². The molecule has 136 valence electrons. The molecule has 1 amide bonds. The van der Waals surface area contributed by atoms with E-state index in [1.165, 1.54) is 6.92 Å². The van der Waals surface area contributed by atoms with Gasteiger partial charge in [-0.25, -0.2) is 4.79 Å². The van der Waals surface area contributed by atoms with Gasteiger partial charge in [0.2, 0.25) is 11.7 Å². The van der Waals surface area contributed by atoms with E-state index in [-0.39, 0.29) is 11.7 Å². The zero-order valence-electron chi connectivity index (χ0n) is 15.7. The summed E-state index contributed by atoms with van der Waals surface area (Å²) in [5, 5.41) is 2.62. The van der Waals surface area contributed by atoms with E-state index >= 15 is 0 Å². The molecule has 0 aliphatic carbocycles. The minimum Gasteiger partial charge on any atom is -0.451 e. The number of aryl methyl sites for hydroxylation is 3. The van der Waals surface area contributed by atoms with Gasteiger partial charge in [-0.05, 0) is 74.7 Å². The minimum atomic E-state index is -0.890. The van der Waals surface area contributed by atoms with Crippen molar-refractivity contribution in [1.82, 2.24) is 0 Å². The number of rotatable bonds is 5. The lowest BCUT2D eigenvalue weighted by atomic mass is 9.96. The number of carbonyl (C=O) groups excluding carboxylic acids is 3. The van der Waals surface area contributed by atoms with Crippen LogP contribution >= 0.6 is 0 Å². The van der Waals surface area contributed by atoms with Gasteiger partial charge in [0, 0.05) is 18.2 Å². The lowest BCUT2D eigenvalue weighted by molar-refractivity contribution is -0.114. The zero-order chi connectivity index (χ0) is 19.4. The molecular formula is C21H23NO4. The average Bonchev–Trinajstić information content (AvgIpc) is 2.57. The zero-order valence-corrected chi connectivity index (χ0v) is 15.7. The van der Waals surface area contributed by atoms with E-state index in [4.69, 9.17) is 4.74 Å². The highest BCUT2D eigenvalue weighted by atomic mass is 16.5. The first kappa shape index (κ1) is 19.4. The molecule has 0 aromatic heterocycles. The molecule has 0 heterocycles. The fraction of sp³-hybridized carbons (Fsp3) is 0.286. The summed E-state index contributed by atoms with van der Waals surface area (Å²) in [6.07, 6.45) is -0.890. The van der Waals surface area contributed by atoms with Gasteiger partial charge in [0.15, 0.2) is 6.10 Å². The molecule has 0 unspecified atom stereocenters. The SMILES string of the molecule is CC(=O)Nc1ccc(C(=O)O[C@@H](C)C(=O)c2cc(C)c(C)cc2C)cc1. The lowest BCUT2D eigenvalue weighted by Gasteiger charge is -2.15. The van der Waals surface area contributed by atoms with Crippen LogP contribution in [0, 0.1) is 20.8 Å². The highest BCUT2D eigenvalue weighted by molar-refractivity contribution is 6.02. The molecule has 5 nitrogen and oxygen atoms in total. The number of amides is 1. The van der Waals surface area contributed by atoms with E-state index in [0.717, 1.165) is 16.7 Å². The Balaban J connectivity index is 2.10. The number of hydrogen-bond donors (Lipinski definition) is 1. The molecule has 0 bridgehead atoms. The second-order valence-electron chi connectivity index (χ2n) is 6.42. The quantitative estimate of drug-likeness (QED) is 0.651. The Morgan fingerprint density at radius 2 is 1.50 bits per heavy atom. The number of esters is 1. The Morgan fingerprint density at radius 3 is 2.08 bits per heavy atom. The Morgan fingerprint density at radius 1 is 0.923 bits per heavy atom. The maximum Gasteiger partial charge on any atom is 0.338 e. The summed E-state index contributed by atoms with van der Waals surface area (Å²) in [4.78, 5) is 35.9. The van der Waals surface area contributed by atoms with Crippen molar-refractivity contribution in [2.45, 2.75) is 40.7 Å². The van der Waals surface area contributed by atoms with Crippen LogP contribution in [-0.4, -0.2) is 23.8 Å². The van der Waals surface area contributed by atoms with Crippen molar-refractivity contribution in [1.29, 1.82) is 0 Å². The summed E-state index contributed by atoms with van der Waals surface area (Å²) in [5.74, 6) is -1.00. The van der Waals surface area contributed by atoms with Crippen molar-refractivity contribution in [3.8, 4) is 0 Å². The molecule has 0 spiro atoms. The molecule has 2 aromatic rings. The standard InChI is InChI=1S/C21H23NO4/c1-12-10-14(3)19(11-13(12)2)20(24)15(4)26-21(25)17-6-8-18(9-7-17)22-16(5)23/h6-11,15H,1-5H3,(H,22,23)/t15-/m0/s1. The van der Waals surface area contributed by atoms with Gasteiger partial charge in [0.25, 0.3) is 0 Å². The van der Waals surface area contributed by atoms with E-state index in [0.29, 0.717) is 16.8 Å². The van der Waals surface area contributed by atoms with Gasteiger partial charge in [-0.2, -0.15) is 0 Å². The number of hydrogen-bond acceptors (Lipinski definition) is 4. The molecular weight excluding hydrogens is 330 g/mol. The Kier molecular flexibility index (Phi) is 5.93. The summed E-state index contributed by atoms with van der Waals surface area (Å²) in [6, 6.07) is 10.1. The van der Waals surface area contributed by atoms with Gasteiger partial charge < -0.3 is 10.1 Å². The van der Waals surface area contributed by atoms with E-state index in [9.17, 15) is 14.4 Å². The van der Waals surface area contributed by atoms with Crippen LogP contribution in [-0.2, 0) is 9.53 Å². The number of ketones is 1. The summed E-state index contributed by atoms with van der Waals surface area (Å²) < 4.78 is 5.32. The number of benzene rings is 2. The maximum absolute atomic E-state index is 12.6. The minimum absolute atomic E-state index is 0.191. The van der Waals surface area contributed by atoms with E-state index in [2.05, 4.69) is 5.32 Å². The Labute approximate surface area is 153 Å². The smallest absolute Gasteiger partial charge is 0.338 e. The number of anilines is 1. The molecule has 0 aliphatic rings. The van der Waals surface area contributed by atoms with Gasteiger partial charge in [0.1, 0.15) is 0 Å². The Hall–Kier alpha value is -2.95. The van der Waals surface area contributed by atoms with Crippen LogP contribution < -0.4 is 5.32 Å². The lowest BCUT2D eigenvalue weighted by Crippen LogP contribution is -2.25. The molecule has 1 N–H and O–H groups in total. The first-order valence-electron chi connectivity index (χ1n) is 8.39. The van der Waals surface area contributed by atoms with Gasteiger partial charge in [-0.15, -0.1) is 0 Å². The van der Waals surface area contributed by atoms with Crippen LogP contribution in [0.2, 0.25) is 0 Å². The summed E-state index contributed by atoms with van der Waals surface area (Å²) in [5.41, 5.74) is 4.46. The van der Waals surface area contributed by atoms with Crippen LogP contribution in [0.3, 0.4) is 0 Å². The van der Waals surface area contributed by atoms with Crippen molar-refractivity contribution in [3.05, 3.63) is 64.2 Å². The number of ether oxygens (including phenoxy) is 1. The first-order chi connectivity index (χ1) is 12.2. The monoisotopic (exact) mass is 353 g/mol. The largest absolute Gasteiger partial charge is 0.451 e. The number of carbonyl (C=O) groups is 3. The van der Waals surface area contributed by atoms with Crippen molar-refractivity contribution < 1.29 is 19.1 Å². The second kappa shape index (κ2) is 7.95. The molecule has 2 rings (SSSR count). The molecule has 0 saturated heterocycles. The molecule has 0 saturated carbocycles. The molecule has 0 aliphatic heterocycles. The summed E-state index contributed by atoms with van der Waals surface area (Å²) in [7, 11) is 0. The molecule has 2 aromatic carbocycles. The van der Waals surface area contributed by atoms with Gasteiger partial charge in [-0.3, -0.25) is 9.59 Å². The first-order valence-corrected chi connectivity index (χ1v) is 8.39. The van der Waals surface area contributed by atoms with Gasteiger partial charge in [0.05, 0.1) is 5.56 Å². The second-order valence-corrected chi connectivity index (χ2v) is 6.42. The van der Waals surface area contributed by atoms with Crippen LogP contribution in [0.5, 0.6) is 0 Å². The third-order valence-corrected chi connectivity index (χ3v) is 4.20. The molecule has 1 atom stereocenters. The van der Waals surface area contributed by atoms with Crippen molar-refractivity contribution in [2.75, 3.05) is 5.32 Å². The Bertz CT molecular complexity index is 853. The van der Waals surface area contributed by atoms with E-state index < -0.39 is 12.1 Å². The fourth-order valence-electron chi connectivity index (χ4n) is 2.62. The van der Waals surface area contributed by atoms with Crippen molar-refractivity contribution in [3.63, 3.8) is 0 Å². The van der Waals surface area contributed by atoms with Crippen molar-refractivity contribution in [2.24, 2.45) is 0 Å². The topological polar surface area (TPSA) is 72.5 Å². The third-order valence-electron chi connectivity index (χ3n) is 4.20. The normalized spacial score (nSPS) is 11.6. The molecule has 0 radical (unpaired) electrons. The number of Topliss-reactive ketones (excluding diaryl/α,β-unsaturated/α-hetero) is 1. The predicted octanol–water partition coefficient (Wildman–Crippen LogP) is 4.00. The summed E-state index contributed by atoms with van der Waals surface area (Å²) >= 11 is 0.